The summed E-state index contributed by atoms with van der Waals surface area (Å²) in [7, 11) is 2.11. The Hall–Kier alpha value is -0.0400. The summed E-state index contributed by atoms with van der Waals surface area (Å²) < 4.78 is 0. The van der Waals surface area contributed by atoms with Crippen molar-refractivity contribution in [3.05, 3.63) is 0 Å². The summed E-state index contributed by atoms with van der Waals surface area (Å²) in [5, 5.41) is 3.47. The predicted octanol–water partition coefficient (Wildman–Crippen LogP) is 2.67. The predicted molar refractivity (Wildman–Crippen MR) is 54.2 cm³/mol. The third-order valence-electron chi connectivity index (χ3n) is 3.52. The van der Waals surface area contributed by atoms with Crippen LogP contribution in [0.15, 0.2) is 0 Å². The molecule has 1 aliphatic carbocycles. The number of nitrogens with one attached hydrogen (secondary N) is 1. The highest BCUT2D eigenvalue weighted by Gasteiger charge is 2.34. The van der Waals surface area contributed by atoms with E-state index in [1.54, 1.807) is 0 Å². The second-order valence-electron chi connectivity index (χ2n) is 4.40. The van der Waals surface area contributed by atoms with E-state index in [1.165, 1.54) is 19.3 Å². The van der Waals surface area contributed by atoms with Crippen LogP contribution < -0.4 is 5.32 Å². The summed E-state index contributed by atoms with van der Waals surface area (Å²) in [6.07, 6.45) is 4.23. The van der Waals surface area contributed by atoms with Crippen LogP contribution in [0, 0.1) is 17.8 Å². The van der Waals surface area contributed by atoms with E-state index in [0.29, 0.717) is 0 Å². The molecule has 3 atom stereocenters. The molecule has 0 aromatic heterocycles. The van der Waals surface area contributed by atoms with E-state index in [2.05, 4.69) is 33.1 Å². The van der Waals surface area contributed by atoms with E-state index in [0.717, 1.165) is 23.8 Å². The van der Waals surface area contributed by atoms with Crippen molar-refractivity contribution in [2.45, 2.75) is 46.1 Å². The van der Waals surface area contributed by atoms with Gasteiger partial charge in [0, 0.05) is 6.04 Å². The molecule has 0 aromatic carbocycles. The highest BCUT2D eigenvalue weighted by molar-refractivity contribution is 4.87. The average Bonchev–Trinajstić information content (AvgIpc) is 2.87. The van der Waals surface area contributed by atoms with E-state index in [9.17, 15) is 0 Å². The third-order valence-corrected chi connectivity index (χ3v) is 3.52. The molecule has 72 valence electrons. The summed E-state index contributed by atoms with van der Waals surface area (Å²) in [5.74, 6) is 2.73. The highest BCUT2D eigenvalue weighted by Crippen LogP contribution is 2.39. The van der Waals surface area contributed by atoms with E-state index in [4.69, 9.17) is 0 Å². The van der Waals surface area contributed by atoms with E-state index in [-0.39, 0.29) is 0 Å². The number of hydrogen-bond donors (Lipinski definition) is 1. The molecule has 0 spiro atoms. The van der Waals surface area contributed by atoms with Crippen LogP contribution in [0.2, 0.25) is 0 Å². The molecule has 0 aliphatic heterocycles. The minimum absolute atomic E-state index is 0.738. The van der Waals surface area contributed by atoms with E-state index in [1.807, 2.05) is 0 Å². The SMILES string of the molecule is CCC(C)C(NC)C(C)C1CC1. The van der Waals surface area contributed by atoms with Crippen LogP contribution in [0.25, 0.3) is 0 Å². The van der Waals surface area contributed by atoms with E-state index >= 15 is 0 Å². The molecule has 0 bridgehead atoms. The fourth-order valence-electron chi connectivity index (χ4n) is 2.23. The van der Waals surface area contributed by atoms with Gasteiger partial charge < -0.3 is 5.32 Å². The molecule has 0 heterocycles. The normalized spacial score (nSPS) is 25.0. The first-order valence-electron chi connectivity index (χ1n) is 5.38. The van der Waals surface area contributed by atoms with Gasteiger partial charge >= 0.3 is 0 Å². The minimum atomic E-state index is 0.738. The van der Waals surface area contributed by atoms with Crippen LogP contribution in [-0.4, -0.2) is 13.1 Å². The summed E-state index contributed by atoms with van der Waals surface area (Å²) in [6.45, 7) is 7.06. The van der Waals surface area contributed by atoms with Crippen molar-refractivity contribution in [3.63, 3.8) is 0 Å². The Labute approximate surface area is 76.9 Å². The van der Waals surface area contributed by atoms with Gasteiger partial charge in [-0.25, -0.2) is 0 Å². The van der Waals surface area contributed by atoms with Gasteiger partial charge in [0.1, 0.15) is 0 Å². The van der Waals surface area contributed by atoms with Gasteiger partial charge in [-0.3, -0.25) is 0 Å². The fourth-order valence-corrected chi connectivity index (χ4v) is 2.23. The average molecular weight is 169 g/mol. The molecule has 1 N–H and O–H groups in total. The van der Waals surface area contributed by atoms with Crippen LogP contribution in [0.1, 0.15) is 40.0 Å². The zero-order valence-corrected chi connectivity index (χ0v) is 8.93. The Morgan fingerprint density at radius 3 is 2.25 bits per heavy atom. The van der Waals surface area contributed by atoms with Gasteiger partial charge in [-0.05, 0) is 37.6 Å². The second-order valence-corrected chi connectivity index (χ2v) is 4.40. The Morgan fingerprint density at radius 1 is 1.33 bits per heavy atom. The number of rotatable bonds is 5. The van der Waals surface area contributed by atoms with Gasteiger partial charge in [-0.15, -0.1) is 0 Å². The van der Waals surface area contributed by atoms with Gasteiger partial charge in [0.05, 0.1) is 0 Å². The third kappa shape index (κ3) is 2.22. The maximum Gasteiger partial charge on any atom is 0.0118 e. The molecule has 12 heavy (non-hydrogen) atoms. The van der Waals surface area contributed by atoms with Gasteiger partial charge in [-0.1, -0.05) is 27.2 Å². The maximum absolute atomic E-state index is 3.47. The quantitative estimate of drug-likeness (QED) is 0.667. The van der Waals surface area contributed by atoms with Crippen LogP contribution >= 0.6 is 0 Å². The van der Waals surface area contributed by atoms with Gasteiger partial charge in [-0.2, -0.15) is 0 Å². The molecule has 3 unspecified atom stereocenters. The lowest BCUT2D eigenvalue weighted by Gasteiger charge is -2.28. The zero-order valence-electron chi connectivity index (χ0n) is 8.93. The highest BCUT2D eigenvalue weighted by atomic mass is 14.9. The Bertz CT molecular complexity index is 129. The molecule has 1 nitrogen and oxygen atoms in total. The molecule has 1 saturated carbocycles. The van der Waals surface area contributed by atoms with Crippen molar-refractivity contribution in [2.75, 3.05) is 7.05 Å². The second kappa shape index (κ2) is 4.27. The van der Waals surface area contributed by atoms with E-state index < -0.39 is 0 Å². The lowest BCUT2D eigenvalue weighted by Crippen LogP contribution is -2.38. The van der Waals surface area contributed by atoms with Crippen LogP contribution in [0.5, 0.6) is 0 Å². The first-order valence-corrected chi connectivity index (χ1v) is 5.38. The number of hydrogen-bond acceptors (Lipinski definition) is 1. The topological polar surface area (TPSA) is 12.0 Å². The Balaban J connectivity index is 2.41. The van der Waals surface area contributed by atoms with Crippen molar-refractivity contribution in [1.82, 2.24) is 5.32 Å². The summed E-state index contributed by atoms with van der Waals surface area (Å²) in [5.41, 5.74) is 0. The van der Waals surface area contributed by atoms with Crippen molar-refractivity contribution >= 4 is 0 Å². The standard InChI is InChI=1S/C11H23N/c1-5-8(2)11(12-4)9(3)10-6-7-10/h8-12H,5-7H2,1-4H3. The van der Waals surface area contributed by atoms with Crippen LogP contribution in [0.4, 0.5) is 0 Å². The Kier molecular flexibility index (Phi) is 3.57. The smallest absolute Gasteiger partial charge is 0.0118 e. The largest absolute Gasteiger partial charge is 0.316 e. The first kappa shape index (κ1) is 10.0. The molecule has 0 radical (unpaired) electrons. The molecule has 1 fully saturated rings. The molecular weight excluding hydrogens is 146 g/mol. The summed E-state index contributed by atoms with van der Waals surface area (Å²) >= 11 is 0. The van der Waals surface area contributed by atoms with Crippen LogP contribution in [-0.2, 0) is 0 Å². The minimum Gasteiger partial charge on any atom is -0.316 e. The maximum atomic E-state index is 3.47. The van der Waals surface area contributed by atoms with Crippen molar-refractivity contribution < 1.29 is 0 Å². The molecular formula is C11H23N. The van der Waals surface area contributed by atoms with Crippen molar-refractivity contribution in [3.8, 4) is 0 Å². The monoisotopic (exact) mass is 169 g/mol. The van der Waals surface area contributed by atoms with Crippen molar-refractivity contribution in [2.24, 2.45) is 17.8 Å². The van der Waals surface area contributed by atoms with Gasteiger partial charge in [0.15, 0.2) is 0 Å². The van der Waals surface area contributed by atoms with Gasteiger partial charge in [0.2, 0.25) is 0 Å². The summed E-state index contributed by atoms with van der Waals surface area (Å²) in [4.78, 5) is 0. The lowest BCUT2D eigenvalue weighted by molar-refractivity contribution is 0.269. The zero-order chi connectivity index (χ0) is 9.14. The van der Waals surface area contributed by atoms with Crippen LogP contribution in [0.3, 0.4) is 0 Å². The molecule has 0 amide bonds. The van der Waals surface area contributed by atoms with Crippen molar-refractivity contribution in [1.29, 1.82) is 0 Å². The van der Waals surface area contributed by atoms with Gasteiger partial charge in [0.25, 0.3) is 0 Å². The molecule has 1 heteroatoms. The summed E-state index contributed by atoms with van der Waals surface area (Å²) in [6, 6.07) is 0.738. The fraction of sp³-hybridized carbons (Fsp3) is 1.00. The molecule has 0 saturated heterocycles. The molecule has 1 rings (SSSR count). The Morgan fingerprint density at radius 2 is 1.92 bits per heavy atom. The molecule has 0 aromatic rings. The lowest BCUT2D eigenvalue weighted by atomic mass is 9.86. The molecule has 1 aliphatic rings. The first-order chi connectivity index (χ1) is 5.70.